The van der Waals surface area contributed by atoms with Gasteiger partial charge in [-0.15, -0.1) is 0 Å². The molecule has 1 aromatic carbocycles. The van der Waals surface area contributed by atoms with Crippen LogP contribution in [0, 0.1) is 0 Å². The molecule has 2 N–H and O–H groups in total. The first-order valence-electron chi connectivity index (χ1n) is 5.81. The van der Waals surface area contributed by atoms with E-state index in [9.17, 15) is 5.11 Å². The molecule has 4 heteroatoms. The van der Waals surface area contributed by atoms with Gasteiger partial charge in [0.15, 0.2) is 11.5 Å². The molecule has 0 aliphatic carbocycles. The number of benzene rings is 1. The van der Waals surface area contributed by atoms with Gasteiger partial charge in [0.25, 0.3) is 0 Å². The van der Waals surface area contributed by atoms with E-state index in [1.165, 1.54) is 0 Å². The first kappa shape index (κ1) is 12.2. The highest BCUT2D eigenvalue weighted by atomic mass is 16.5. The lowest BCUT2D eigenvalue weighted by Crippen LogP contribution is -2.33. The van der Waals surface area contributed by atoms with Crippen molar-refractivity contribution in [2.24, 2.45) is 0 Å². The van der Waals surface area contributed by atoms with Gasteiger partial charge >= 0.3 is 0 Å². The second-order valence-electron chi connectivity index (χ2n) is 4.52. The Hall–Kier alpha value is -1.26. The summed E-state index contributed by atoms with van der Waals surface area (Å²) in [6.07, 6.45) is 1.43. The van der Waals surface area contributed by atoms with Crippen LogP contribution >= 0.6 is 0 Å². The zero-order valence-corrected chi connectivity index (χ0v) is 10.3. The molecule has 0 bridgehead atoms. The number of hydrogen-bond donors (Lipinski definition) is 2. The van der Waals surface area contributed by atoms with Crippen LogP contribution in [0.4, 0.5) is 0 Å². The highest BCUT2D eigenvalue weighted by Crippen LogP contribution is 2.30. The van der Waals surface area contributed by atoms with Gasteiger partial charge in [-0.05, 0) is 30.7 Å². The van der Waals surface area contributed by atoms with E-state index in [1.54, 1.807) is 14.2 Å². The molecule has 94 valence electrons. The SMILES string of the molecule is COc1ccc(CC2(O)CCNC2)cc1OC. The minimum Gasteiger partial charge on any atom is -0.493 e. The summed E-state index contributed by atoms with van der Waals surface area (Å²) in [5, 5.41) is 13.5. The Bertz CT molecular complexity index is 386. The van der Waals surface area contributed by atoms with Crippen LogP contribution in [0.5, 0.6) is 11.5 Å². The molecule has 1 saturated heterocycles. The molecule has 1 heterocycles. The maximum Gasteiger partial charge on any atom is 0.160 e. The Morgan fingerprint density at radius 2 is 2.06 bits per heavy atom. The lowest BCUT2D eigenvalue weighted by Gasteiger charge is -2.21. The van der Waals surface area contributed by atoms with Gasteiger partial charge in [0, 0.05) is 13.0 Å². The Balaban J connectivity index is 2.16. The summed E-state index contributed by atoms with van der Waals surface area (Å²) >= 11 is 0. The summed E-state index contributed by atoms with van der Waals surface area (Å²) < 4.78 is 10.4. The molecule has 1 atom stereocenters. The molecular formula is C13H19NO3. The summed E-state index contributed by atoms with van der Waals surface area (Å²) in [6.45, 7) is 1.53. The number of nitrogens with one attached hydrogen (secondary N) is 1. The third kappa shape index (κ3) is 2.70. The molecule has 2 rings (SSSR count). The molecular weight excluding hydrogens is 218 g/mol. The predicted molar refractivity (Wildman–Crippen MR) is 65.7 cm³/mol. The van der Waals surface area contributed by atoms with E-state index >= 15 is 0 Å². The van der Waals surface area contributed by atoms with Crippen LogP contribution in [0.25, 0.3) is 0 Å². The molecule has 4 nitrogen and oxygen atoms in total. The molecule has 0 radical (unpaired) electrons. The molecule has 0 spiro atoms. The fourth-order valence-electron chi connectivity index (χ4n) is 2.25. The summed E-state index contributed by atoms with van der Waals surface area (Å²) in [5.74, 6) is 1.42. The quantitative estimate of drug-likeness (QED) is 0.819. The van der Waals surface area contributed by atoms with Crippen molar-refractivity contribution in [3.8, 4) is 11.5 Å². The van der Waals surface area contributed by atoms with Gasteiger partial charge in [0.2, 0.25) is 0 Å². The smallest absolute Gasteiger partial charge is 0.160 e. The van der Waals surface area contributed by atoms with Crippen molar-refractivity contribution in [3.63, 3.8) is 0 Å². The van der Waals surface area contributed by atoms with Crippen molar-refractivity contribution in [1.82, 2.24) is 5.32 Å². The molecule has 17 heavy (non-hydrogen) atoms. The topological polar surface area (TPSA) is 50.7 Å². The number of ether oxygens (including phenoxy) is 2. The van der Waals surface area contributed by atoms with Crippen molar-refractivity contribution >= 4 is 0 Å². The van der Waals surface area contributed by atoms with E-state index in [0.29, 0.717) is 24.5 Å². The number of β-amino-alcohol motifs (C(OH)–C–C–N with tert-alkyl or cyclic N) is 1. The summed E-state index contributed by atoms with van der Waals surface area (Å²) in [4.78, 5) is 0. The summed E-state index contributed by atoms with van der Waals surface area (Å²) in [7, 11) is 3.24. The largest absolute Gasteiger partial charge is 0.493 e. The summed E-state index contributed by atoms with van der Waals surface area (Å²) in [6, 6.07) is 5.77. The van der Waals surface area contributed by atoms with Crippen LogP contribution in [0.15, 0.2) is 18.2 Å². The lowest BCUT2D eigenvalue weighted by molar-refractivity contribution is 0.0618. The monoisotopic (exact) mass is 237 g/mol. The lowest BCUT2D eigenvalue weighted by atomic mass is 9.93. The number of hydrogen-bond acceptors (Lipinski definition) is 4. The predicted octanol–water partition coefficient (Wildman–Crippen LogP) is 0.971. The third-order valence-corrected chi connectivity index (χ3v) is 3.20. The van der Waals surface area contributed by atoms with Crippen molar-refractivity contribution in [1.29, 1.82) is 0 Å². The minimum absolute atomic E-state index is 0.625. The summed E-state index contributed by atoms with van der Waals surface area (Å²) in [5.41, 5.74) is 0.438. The van der Waals surface area contributed by atoms with Crippen molar-refractivity contribution in [2.75, 3.05) is 27.3 Å². The van der Waals surface area contributed by atoms with E-state index in [4.69, 9.17) is 9.47 Å². The maximum absolute atomic E-state index is 10.3. The normalized spacial score (nSPS) is 23.7. The van der Waals surface area contributed by atoms with Gasteiger partial charge in [-0.2, -0.15) is 0 Å². The minimum atomic E-state index is -0.625. The molecule has 0 saturated carbocycles. The first-order valence-corrected chi connectivity index (χ1v) is 5.81. The van der Waals surface area contributed by atoms with Crippen LogP contribution in [0.2, 0.25) is 0 Å². The van der Waals surface area contributed by atoms with Gasteiger partial charge in [0.05, 0.1) is 19.8 Å². The molecule has 1 aliphatic rings. The third-order valence-electron chi connectivity index (χ3n) is 3.20. The van der Waals surface area contributed by atoms with E-state index in [1.807, 2.05) is 18.2 Å². The number of rotatable bonds is 4. The average molecular weight is 237 g/mol. The van der Waals surface area contributed by atoms with Gasteiger partial charge in [-0.25, -0.2) is 0 Å². The van der Waals surface area contributed by atoms with E-state index in [2.05, 4.69) is 5.32 Å². The first-order chi connectivity index (χ1) is 8.17. The van der Waals surface area contributed by atoms with E-state index < -0.39 is 5.60 Å². The highest BCUT2D eigenvalue weighted by molar-refractivity contribution is 5.43. The van der Waals surface area contributed by atoms with Crippen molar-refractivity contribution in [3.05, 3.63) is 23.8 Å². The Kier molecular flexibility index (Phi) is 3.54. The van der Waals surface area contributed by atoms with Crippen LogP contribution in [0.1, 0.15) is 12.0 Å². The molecule has 0 aromatic heterocycles. The van der Waals surface area contributed by atoms with E-state index in [-0.39, 0.29) is 0 Å². The standard InChI is InChI=1S/C13H19NO3/c1-16-11-4-3-10(7-12(11)17-2)8-13(15)5-6-14-9-13/h3-4,7,14-15H,5-6,8-9H2,1-2H3. The molecule has 0 amide bonds. The van der Waals surface area contributed by atoms with Crippen molar-refractivity contribution in [2.45, 2.75) is 18.4 Å². The highest BCUT2D eigenvalue weighted by Gasteiger charge is 2.31. The van der Waals surface area contributed by atoms with Crippen LogP contribution in [0.3, 0.4) is 0 Å². The maximum atomic E-state index is 10.3. The molecule has 1 aromatic rings. The second-order valence-corrected chi connectivity index (χ2v) is 4.52. The molecule has 1 aliphatic heterocycles. The van der Waals surface area contributed by atoms with Crippen LogP contribution in [-0.2, 0) is 6.42 Å². The Labute approximate surface area is 102 Å². The number of aliphatic hydroxyl groups is 1. The zero-order chi connectivity index (χ0) is 12.3. The fourth-order valence-corrected chi connectivity index (χ4v) is 2.25. The Morgan fingerprint density at radius 1 is 1.29 bits per heavy atom. The second kappa shape index (κ2) is 4.94. The molecule has 1 unspecified atom stereocenters. The van der Waals surface area contributed by atoms with Gasteiger partial charge in [-0.1, -0.05) is 6.07 Å². The average Bonchev–Trinajstić information content (AvgIpc) is 2.75. The Morgan fingerprint density at radius 3 is 2.65 bits per heavy atom. The van der Waals surface area contributed by atoms with Gasteiger partial charge < -0.3 is 19.9 Å². The molecule has 1 fully saturated rings. The number of methoxy groups -OCH3 is 2. The fraction of sp³-hybridized carbons (Fsp3) is 0.538. The van der Waals surface area contributed by atoms with Crippen LogP contribution < -0.4 is 14.8 Å². The van der Waals surface area contributed by atoms with Gasteiger partial charge in [0.1, 0.15) is 0 Å². The van der Waals surface area contributed by atoms with Crippen LogP contribution in [-0.4, -0.2) is 38.0 Å². The zero-order valence-electron chi connectivity index (χ0n) is 10.3. The van der Waals surface area contributed by atoms with Gasteiger partial charge in [-0.3, -0.25) is 0 Å². The van der Waals surface area contributed by atoms with Crippen molar-refractivity contribution < 1.29 is 14.6 Å². The van der Waals surface area contributed by atoms with E-state index in [0.717, 1.165) is 18.5 Å².